The predicted molar refractivity (Wildman–Crippen MR) is 170 cm³/mol. The molecule has 0 radical (unpaired) electrons. The molecule has 11 heteroatoms. The maximum absolute atomic E-state index is 12.7. The number of amides is 3. The van der Waals surface area contributed by atoms with Crippen LogP contribution in [0.15, 0.2) is 73.1 Å². The van der Waals surface area contributed by atoms with Crippen molar-refractivity contribution >= 4 is 39.9 Å². The molecule has 2 aliphatic rings. The lowest BCUT2D eigenvalue weighted by Crippen LogP contribution is -2.22. The topological polar surface area (TPSA) is 155 Å². The SMILES string of the molecule is C1CCOC1.COc1ccccc1C1=C(c2cn(CCCO)c3ncccc23)C(=O)NC1=O.COc1ccccc1CC(N)=O. The van der Waals surface area contributed by atoms with Crippen LogP contribution in [0.2, 0.25) is 0 Å². The summed E-state index contributed by atoms with van der Waals surface area (Å²) in [6, 6.07) is 18.1. The first-order valence-electron chi connectivity index (χ1n) is 14.7. The minimum Gasteiger partial charge on any atom is -0.496 e. The molecule has 11 nitrogen and oxygen atoms in total. The number of aromatic nitrogens is 2. The van der Waals surface area contributed by atoms with Crippen LogP contribution in [0.5, 0.6) is 11.5 Å². The standard InChI is InChI=1S/C21H19N3O4.C9H11NO2.C4H8O/c1-28-16-8-3-2-6-14(16)17-18(21(27)23-20(17)26)15-12-24(10-5-11-25)19-13(15)7-4-9-22-19;1-12-8-5-3-2-4-7(8)6-9(10)11;1-2-4-5-3-1/h2-4,6-9,12,25H,5,10-11H2,1H3,(H,23,26,27);2-5H,6H2,1H3,(H2,10,11);1-4H2. The van der Waals surface area contributed by atoms with Crippen LogP contribution in [0.3, 0.4) is 0 Å². The van der Waals surface area contributed by atoms with Crippen LogP contribution in [0.4, 0.5) is 0 Å². The van der Waals surface area contributed by atoms with Gasteiger partial charge in [-0.3, -0.25) is 19.7 Å². The molecular formula is C34H38N4O7. The molecule has 4 aromatic rings. The second-order valence-electron chi connectivity index (χ2n) is 10.2. The predicted octanol–water partition coefficient (Wildman–Crippen LogP) is 3.51. The molecule has 2 aliphatic heterocycles. The maximum atomic E-state index is 12.7. The highest BCUT2D eigenvalue weighted by Crippen LogP contribution is 2.38. The minimum atomic E-state index is -0.454. The molecule has 0 bridgehead atoms. The van der Waals surface area contributed by atoms with E-state index in [1.807, 2.05) is 41.1 Å². The number of aliphatic hydroxyl groups excluding tert-OH is 1. The van der Waals surface area contributed by atoms with Crippen molar-refractivity contribution in [2.75, 3.05) is 34.0 Å². The third-order valence-electron chi connectivity index (χ3n) is 7.15. The first-order chi connectivity index (χ1) is 21.9. The number of ether oxygens (including phenoxy) is 3. The Morgan fingerprint density at radius 1 is 0.933 bits per heavy atom. The zero-order valence-electron chi connectivity index (χ0n) is 25.5. The Bertz CT molecular complexity index is 1670. The second-order valence-corrected chi connectivity index (χ2v) is 10.2. The number of rotatable bonds is 9. The van der Waals surface area contributed by atoms with Gasteiger partial charge in [-0.25, -0.2) is 4.98 Å². The number of methoxy groups -OCH3 is 2. The van der Waals surface area contributed by atoms with Crippen molar-refractivity contribution in [3.63, 3.8) is 0 Å². The number of fused-ring (bicyclic) bond motifs is 1. The van der Waals surface area contributed by atoms with E-state index in [2.05, 4.69) is 10.3 Å². The van der Waals surface area contributed by atoms with Crippen molar-refractivity contribution in [3.05, 3.63) is 89.7 Å². The monoisotopic (exact) mass is 614 g/mol. The number of pyridine rings is 1. The smallest absolute Gasteiger partial charge is 0.259 e. The lowest BCUT2D eigenvalue weighted by molar-refractivity contribution is -0.123. The normalized spacial score (nSPS) is 13.9. The van der Waals surface area contributed by atoms with Gasteiger partial charge in [0.2, 0.25) is 5.91 Å². The van der Waals surface area contributed by atoms with E-state index in [1.165, 1.54) is 20.0 Å². The Labute approximate surface area is 261 Å². The summed E-state index contributed by atoms with van der Waals surface area (Å²) in [5.74, 6) is -0.0293. The summed E-state index contributed by atoms with van der Waals surface area (Å²) in [6.45, 7) is 2.60. The molecule has 1 saturated heterocycles. The molecular weight excluding hydrogens is 576 g/mol. The largest absolute Gasteiger partial charge is 0.496 e. The van der Waals surface area contributed by atoms with Gasteiger partial charge in [0.1, 0.15) is 17.1 Å². The van der Waals surface area contributed by atoms with Crippen LogP contribution >= 0.6 is 0 Å². The lowest BCUT2D eigenvalue weighted by Gasteiger charge is -2.09. The summed E-state index contributed by atoms with van der Waals surface area (Å²) in [6.07, 6.45) is 6.83. The fraction of sp³-hybridized carbons (Fsp3) is 0.294. The Kier molecular flexibility index (Phi) is 11.8. The number of carbonyl (C=O) groups is 3. The number of hydrogen-bond donors (Lipinski definition) is 3. The number of nitrogens with two attached hydrogens (primary N) is 1. The summed E-state index contributed by atoms with van der Waals surface area (Å²) in [7, 11) is 3.10. The first-order valence-corrected chi connectivity index (χ1v) is 14.7. The van der Waals surface area contributed by atoms with Crippen LogP contribution in [0.1, 0.15) is 36.0 Å². The minimum absolute atomic E-state index is 0.0516. The van der Waals surface area contributed by atoms with E-state index >= 15 is 0 Å². The number of aryl methyl sites for hydroxylation is 1. The number of imide groups is 1. The average Bonchev–Trinajstić information content (AvgIpc) is 3.81. The molecule has 0 atom stereocenters. The number of para-hydroxylation sites is 2. The van der Waals surface area contributed by atoms with Gasteiger partial charge < -0.3 is 29.6 Å². The maximum Gasteiger partial charge on any atom is 0.259 e. The summed E-state index contributed by atoms with van der Waals surface area (Å²) in [5, 5.41) is 12.4. The summed E-state index contributed by atoms with van der Waals surface area (Å²) in [5.41, 5.74) is 8.35. The molecule has 3 amide bonds. The van der Waals surface area contributed by atoms with Gasteiger partial charge in [-0.1, -0.05) is 36.4 Å². The summed E-state index contributed by atoms with van der Waals surface area (Å²) in [4.78, 5) is 40.4. The third kappa shape index (κ3) is 8.14. The van der Waals surface area contributed by atoms with Gasteiger partial charge >= 0.3 is 0 Å². The van der Waals surface area contributed by atoms with Gasteiger partial charge in [0, 0.05) is 60.8 Å². The van der Waals surface area contributed by atoms with Crippen LogP contribution in [0, 0.1) is 0 Å². The van der Waals surface area contributed by atoms with Gasteiger partial charge in [0.25, 0.3) is 11.8 Å². The van der Waals surface area contributed by atoms with Crippen molar-refractivity contribution in [3.8, 4) is 11.5 Å². The molecule has 0 spiro atoms. The van der Waals surface area contributed by atoms with Gasteiger partial charge in [-0.15, -0.1) is 0 Å². The van der Waals surface area contributed by atoms with E-state index in [4.69, 9.17) is 19.9 Å². The number of primary amides is 1. The van der Waals surface area contributed by atoms with Gasteiger partial charge in [-0.05, 0) is 43.5 Å². The second kappa shape index (κ2) is 16.2. The van der Waals surface area contributed by atoms with Crippen LogP contribution in [-0.4, -0.2) is 66.4 Å². The Morgan fingerprint density at radius 3 is 2.20 bits per heavy atom. The van der Waals surface area contributed by atoms with Gasteiger partial charge in [0.15, 0.2) is 0 Å². The number of nitrogens with one attached hydrogen (secondary N) is 1. The molecule has 0 aliphatic carbocycles. The van der Waals surface area contributed by atoms with Crippen LogP contribution in [-0.2, 0) is 32.1 Å². The number of hydrogen-bond acceptors (Lipinski definition) is 8. The molecule has 0 unspecified atom stereocenters. The average molecular weight is 615 g/mol. The fourth-order valence-electron chi connectivity index (χ4n) is 5.10. The van der Waals surface area contributed by atoms with E-state index in [0.717, 1.165) is 24.2 Å². The Morgan fingerprint density at radius 2 is 1.58 bits per heavy atom. The molecule has 45 heavy (non-hydrogen) atoms. The molecule has 1 fully saturated rings. The number of aliphatic hydroxyl groups is 1. The van der Waals surface area contributed by atoms with Crippen molar-refractivity contribution in [2.45, 2.75) is 32.2 Å². The number of benzene rings is 2. The summed E-state index contributed by atoms with van der Waals surface area (Å²) < 4.78 is 17.3. The van der Waals surface area contributed by atoms with Crippen LogP contribution < -0.4 is 20.5 Å². The highest BCUT2D eigenvalue weighted by Gasteiger charge is 2.35. The Balaban J connectivity index is 0.000000222. The van der Waals surface area contributed by atoms with Crippen molar-refractivity contribution in [1.82, 2.24) is 14.9 Å². The Hall–Kier alpha value is -5.00. The molecule has 2 aromatic carbocycles. The molecule has 236 valence electrons. The van der Waals surface area contributed by atoms with E-state index in [0.29, 0.717) is 46.8 Å². The molecule has 2 aromatic heterocycles. The van der Waals surface area contributed by atoms with Crippen molar-refractivity contribution < 1.29 is 33.7 Å². The van der Waals surface area contributed by atoms with Crippen molar-refractivity contribution in [2.24, 2.45) is 5.73 Å². The zero-order valence-corrected chi connectivity index (χ0v) is 25.5. The van der Waals surface area contributed by atoms with Gasteiger partial charge in [0.05, 0.1) is 31.8 Å². The number of carbonyl (C=O) groups excluding carboxylic acids is 3. The van der Waals surface area contributed by atoms with Gasteiger partial charge in [-0.2, -0.15) is 0 Å². The fourth-order valence-corrected chi connectivity index (χ4v) is 5.10. The summed E-state index contributed by atoms with van der Waals surface area (Å²) >= 11 is 0. The van der Waals surface area contributed by atoms with E-state index in [9.17, 15) is 19.5 Å². The van der Waals surface area contributed by atoms with Crippen LogP contribution in [0.25, 0.3) is 22.2 Å². The molecule has 6 rings (SSSR count). The number of nitrogens with zero attached hydrogens (tertiary/aromatic N) is 2. The first kappa shape index (κ1) is 32.9. The molecule has 4 N–H and O–H groups in total. The quantitative estimate of drug-likeness (QED) is 0.242. The van der Waals surface area contributed by atoms with E-state index in [1.54, 1.807) is 43.6 Å². The molecule has 4 heterocycles. The van der Waals surface area contributed by atoms with Crippen molar-refractivity contribution in [1.29, 1.82) is 0 Å². The lowest BCUT2D eigenvalue weighted by atomic mass is 9.96. The highest BCUT2D eigenvalue weighted by molar-refractivity contribution is 6.50. The molecule has 0 saturated carbocycles. The highest BCUT2D eigenvalue weighted by atomic mass is 16.5. The van der Waals surface area contributed by atoms with E-state index in [-0.39, 0.29) is 24.5 Å². The zero-order chi connectivity index (χ0) is 32.2. The van der Waals surface area contributed by atoms with E-state index < -0.39 is 11.8 Å². The third-order valence-corrected chi connectivity index (χ3v) is 7.15.